The molecule has 0 amide bonds. The molecule has 3 nitrogen and oxygen atoms in total. The Balaban J connectivity index is 2.44. The van der Waals surface area contributed by atoms with Crippen LogP contribution in [0.15, 0.2) is 0 Å². The summed E-state index contributed by atoms with van der Waals surface area (Å²) in [7, 11) is 0. The van der Waals surface area contributed by atoms with Gasteiger partial charge in [-0.15, -0.1) is 0 Å². The molecule has 0 aromatic carbocycles. The van der Waals surface area contributed by atoms with Crippen LogP contribution in [0.25, 0.3) is 0 Å². The van der Waals surface area contributed by atoms with Gasteiger partial charge in [-0.3, -0.25) is 0 Å². The molecule has 2 rings (SSSR count). The zero-order valence-electron chi connectivity index (χ0n) is 11.1. The Morgan fingerprint density at radius 1 is 1.38 bits per heavy atom. The molecule has 1 N–H and O–H groups in total. The van der Waals surface area contributed by atoms with Crippen LogP contribution in [0, 0.1) is 12.3 Å². The molecule has 1 aromatic rings. The van der Waals surface area contributed by atoms with Crippen LogP contribution in [0.3, 0.4) is 0 Å². The number of fused-ring (bicyclic) bond motifs is 1. The molecule has 0 radical (unpaired) electrons. The van der Waals surface area contributed by atoms with Crippen LogP contribution in [-0.4, -0.2) is 16.1 Å². The molecular weight excluding hydrogens is 198 g/mol. The average molecular weight is 221 g/mol. The van der Waals surface area contributed by atoms with Crippen LogP contribution in [0.5, 0.6) is 0 Å². The van der Waals surface area contributed by atoms with Gasteiger partial charge in [0.15, 0.2) is 0 Å². The quantitative estimate of drug-likeness (QED) is 0.789. The predicted octanol–water partition coefficient (Wildman–Crippen LogP) is 2.44. The summed E-state index contributed by atoms with van der Waals surface area (Å²) < 4.78 is 2.44. The highest BCUT2D eigenvalue weighted by Gasteiger charge is 2.27. The van der Waals surface area contributed by atoms with Crippen molar-refractivity contribution in [1.29, 1.82) is 0 Å². The fraction of sp³-hybridized carbons (Fsp3) is 0.769. The van der Waals surface area contributed by atoms with Gasteiger partial charge < -0.3 is 9.88 Å². The van der Waals surface area contributed by atoms with Crippen molar-refractivity contribution in [2.24, 2.45) is 5.41 Å². The van der Waals surface area contributed by atoms with Crippen LogP contribution in [0.4, 0.5) is 0 Å². The summed E-state index contributed by atoms with van der Waals surface area (Å²) >= 11 is 0. The van der Waals surface area contributed by atoms with Crippen molar-refractivity contribution in [1.82, 2.24) is 14.9 Å². The average Bonchev–Trinajstić information content (AvgIpc) is 2.51. The lowest BCUT2D eigenvalue weighted by atomic mass is 9.87. The Morgan fingerprint density at radius 3 is 2.69 bits per heavy atom. The normalized spacial score (nSPS) is 18.3. The molecule has 0 saturated carbocycles. The maximum absolute atomic E-state index is 4.69. The summed E-state index contributed by atoms with van der Waals surface area (Å²) in [6, 6.07) is 0.502. The zero-order chi connectivity index (χ0) is 11.9. The van der Waals surface area contributed by atoms with Gasteiger partial charge in [0.05, 0.1) is 5.69 Å². The fourth-order valence-corrected chi connectivity index (χ4v) is 2.37. The van der Waals surface area contributed by atoms with Crippen LogP contribution in [0.2, 0.25) is 0 Å². The molecule has 1 aromatic heterocycles. The highest BCUT2D eigenvalue weighted by molar-refractivity contribution is 5.21. The van der Waals surface area contributed by atoms with E-state index in [-0.39, 0.29) is 5.41 Å². The van der Waals surface area contributed by atoms with E-state index in [1.54, 1.807) is 0 Å². The molecule has 0 fully saturated rings. The first kappa shape index (κ1) is 11.6. The molecule has 1 unspecified atom stereocenters. The lowest BCUT2D eigenvalue weighted by molar-refractivity contribution is 0.253. The van der Waals surface area contributed by atoms with E-state index in [0.29, 0.717) is 6.04 Å². The first-order valence-corrected chi connectivity index (χ1v) is 6.18. The summed E-state index contributed by atoms with van der Waals surface area (Å²) in [6.07, 6.45) is 1.11. The largest absolute Gasteiger partial charge is 0.329 e. The van der Waals surface area contributed by atoms with Crippen LogP contribution < -0.4 is 5.32 Å². The molecule has 3 heteroatoms. The third-order valence-corrected chi connectivity index (χ3v) is 3.74. The lowest BCUT2D eigenvalue weighted by Gasteiger charge is -2.31. The number of imidazole rings is 1. The number of rotatable bonds is 1. The van der Waals surface area contributed by atoms with Crippen molar-refractivity contribution >= 4 is 0 Å². The molecular formula is C13H23N3. The smallest absolute Gasteiger partial charge is 0.106 e. The Kier molecular flexibility index (Phi) is 2.82. The Bertz CT molecular complexity index is 385. The van der Waals surface area contributed by atoms with E-state index in [0.717, 1.165) is 25.3 Å². The zero-order valence-corrected chi connectivity index (χ0v) is 11.1. The molecule has 1 atom stereocenters. The van der Waals surface area contributed by atoms with E-state index < -0.39 is 0 Å². The van der Waals surface area contributed by atoms with Gasteiger partial charge in [0.1, 0.15) is 5.82 Å². The minimum Gasteiger partial charge on any atom is -0.329 e. The second-order valence-electron chi connectivity index (χ2n) is 5.89. The Morgan fingerprint density at radius 2 is 2.06 bits per heavy atom. The van der Waals surface area contributed by atoms with E-state index >= 15 is 0 Å². The number of nitrogens with one attached hydrogen (secondary N) is 1. The predicted molar refractivity (Wildman–Crippen MR) is 66.5 cm³/mol. The summed E-state index contributed by atoms with van der Waals surface area (Å²) in [6.45, 7) is 13.3. The van der Waals surface area contributed by atoms with Crippen molar-refractivity contribution in [2.45, 2.75) is 53.6 Å². The summed E-state index contributed by atoms with van der Waals surface area (Å²) in [5, 5.41) is 3.38. The van der Waals surface area contributed by atoms with Crippen LogP contribution in [0.1, 0.15) is 50.9 Å². The van der Waals surface area contributed by atoms with Crippen molar-refractivity contribution < 1.29 is 0 Å². The van der Waals surface area contributed by atoms with Gasteiger partial charge in [0, 0.05) is 31.2 Å². The molecule has 0 bridgehead atoms. The van der Waals surface area contributed by atoms with E-state index in [2.05, 4.69) is 49.5 Å². The topological polar surface area (TPSA) is 29.9 Å². The summed E-state index contributed by atoms with van der Waals surface area (Å²) in [5.41, 5.74) is 2.97. The second-order valence-corrected chi connectivity index (χ2v) is 5.89. The number of nitrogens with zero attached hydrogens (tertiary/aromatic N) is 2. The van der Waals surface area contributed by atoms with Crippen molar-refractivity contribution in [3.8, 4) is 0 Å². The van der Waals surface area contributed by atoms with Gasteiger partial charge in [-0.2, -0.15) is 0 Å². The van der Waals surface area contributed by atoms with Gasteiger partial charge in [-0.25, -0.2) is 4.98 Å². The fourth-order valence-electron chi connectivity index (χ4n) is 2.37. The number of hydrogen-bond donors (Lipinski definition) is 1. The van der Waals surface area contributed by atoms with E-state index in [9.17, 15) is 0 Å². The number of hydrogen-bond acceptors (Lipinski definition) is 2. The maximum Gasteiger partial charge on any atom is 0.106 e. The van der Waals surface area contributed by atoms with E-state index in [1.165, 1.54) is 11.4 Å². The van der Waals surface area contributed by atoms with Crippen molar-refractivity contribution in [3.05, 3.63) is 17.2 Å². The third-order valence-electron chi connectivity index (χ3n) is 3.74. The first-order chi connectivity index (χ1) is 7.41. The van der Waals surface area contributed by atoms with E-state index in [4.69, 9.17) is 0 Å². The molecule has 1 aliphatic heterocycles. The third kappa shape index (κ3) is 1.88. The Labute approximate surface area is 98.3 Å². The van der Waals surface area contributed by atoms with Crippen LogP contribution >= 0.6 is 0 Å². The van der Waals surface area contributed by atoms with Gasteiger partial charge in [0.25, 0.3) is 0 Å². The SMILES string of the molecule is Cc1nc2c(n1C(C)C(C)(C)C)CCNC2. The monoisotopic (exact) mass is 221 g/mol. The molecule has 0 spiro atoms. The molecule has 0 saturated heterocycles. The number of aromatic nitrogens is 2. The summed E-state index contributed by atoms with van der Waals surface area (Å²) in [4.78, 5) is 4.69. The number of aryl methyl sites for hydroxylation is 1. The van der Waals surface area contributed by atoms with Crippen molar-refractivity contribution in [2.75, 3.05) is 6.54 Å². The van der Waals surface area contributed by atoms with Crippen molar-refractivity contribution in [3.63, 3.8) is 0 Å². The highest BCUT2D eigenvalue weighted by atomic mass is 15.1. The van der Waals surface area contributed by atoms with Gasteiger partial charge in [-0.1, -0.05) is 20.8 Å². The molecule has 2 heterocycles. The van der Waals surface area contributed by atoms with Gasteiger partial charge in [-0.05, 0) is 19.3 Å². The Hall–Kier alpha value is -0.830. The van der Waals surface area contributed by atoms with Gasteiger partial charge >= 0.3 is 0 Å². The lowest BCUT2D eigenvalue weighted by Crippen LogP contribution is -2.29. The van der Waals surface area contributed by atoms with E-state index in [1.807, 2.05) is 0 Å². The highest BCUT2D eigenvalue weighted by Crippen LogP contribution is 2.33. The molecule has 90 valence electrons. The maximum atomic E-state index is 4.69. The second kappa shape index (κ2) is 3.88. The molecule has 0 aliphatic carbocycles. The minimum atomic E-state index is 0.282. The van der Waals surface area contributed by atoms with Gasteiger partial charge in [0.2, 0.25) is 0 Å². The summed E-state index contributed by atoms with van der Waals surface area (Å²) in [5.74, 6) is 1.16. The molecule has 16 heavy (non-hydrogen) atoms. The van der Waals surface area contributed by atoms with Crippen LogP contribution in [-0.2, 0) is 13.0 Å². The minimum absolute atomic E-state index is 0.282. The first-order valence-electron chi connectivity index (χ1n) is 6.18. The molecule has 1 aliphatic rings. The standard InChI is InChI=1S/C13H23N3/c1-9(13(3,4)5)16-10(2)15-11-8-14-7-6-12(11)16/h9,14H,6-8H2,1-5H3.